The summed E-state index contributed by atoms with van der Waals surface area (Å²) >= 11 is 0. The summed E-state index contributed by atoms with van der Waals surface area (Å²) < 4.78 is 29.1. The SMILES string of the molecule is CO[C@H]1[C@@H](C)[C@H](C)O[C@@H]1COP(C)O[C@H]1[C@@H](C)[C@H](C)O[C@@H]1CO. The quantitative estimate of drug-likeness (QED) is 0.710. The molecule has 0 aliphatic carbocycles. The van der Waals surface area contributed by atoms with E-state index in [1.54, 1.807) is 7.11 Å². The first-order valence-corrected chi connectivity index (χ1v) is 9.99. The van der Waals surface area contributed by atoms with Crippen molar-refractivity contribution in [2.24, 2.45) is 11.8 Å². The van der Waals surface area contributed by atoms with E-state index in [1.807, 2.05) is 13.6 Å². The molecule has 23 heavy (non-hydrogen) atoms. The van der Waals surface area contributed by atoms with E-state index >= 15 is 0 Å². The zero-order valence-corrected chi connectivity index (χ0v) is 15.9. The molecule has 2 aliphatic rings. The van der Waals surface area contributed by atoms with Crippen molar-refractivity contribution in [3.05, 3.63) is 0 Å². The van der Waals surface area contributed by atoms with E-state index < -0.39 is 8.38 Å². The van der Waals surface area contributed by atoms with Crippen LogP contribution in [0.1, 0.15) is 27.7 Å². The van der Waals surface area contributed by atoms with Crippen LogP contribution in [0.3, 0.4) is 0 Å². The van der Waals surface area contributed by atoms with Crippen molar-refractivity contribution < 1.29 is 28.4 Å². The molecule has 0 aromatic rings. The molecule has 0 bridgehead atoms. The second kappa shape index (κ2) is 8.52. The number of methoxy groups -OCH3 is 1. The lowest BCUT2D eigenvalue weighted by Crippen LogP contribution is -2.32. The van der Waals surface area contributed by atoms with Gasteiger partial charge in [0.2, 0.25) is 0 Å². The van der Waals surface area contributed by atoms with Crippen LogP contribution in [0.2, 0.25) is 0 Å². The average Bonchev–Trinajstić information content (AvgIpc) is 2.95. The fourth-order valence-corrected chi connectivity index (χ4v) is 4.45. The molecular weight excluding hydrogens is 319 g/mol. The monoisotopic (exact) mass is 350 g/mol. The first-order valence-electron chi connectivity index (χ1n) is 8.37. The van der Waals surface area contributed by atoms with Crippen LogP contribution >= 0.6 is 8.38 Å². The van der Waals surface area contributed by atoms with Gasteiger partial charge in [-0.25, -0.2) is 0 Å². The minimum absolute atomic E-state index is 0.0327. The Labute approximate surface area is 140 Å². The van der Waals surface area contributed by atoms with Crippen LogP contribution in [-0.4, -0.2) is 68.7 Å². The van der Waals surface area contributed by atoms with E-state index in [4.69, 9.17) is 23.3 Å². The van der Waals surface area contributed by atoms with E-state index in [0.717, 1.165) is 0 Å². The highest BCUT2D eigenvalue weighted by Crippen LogP contribution is 2.42. The molecule has 2 fully saturated rings. The molecule has 7 heteroatoms. The van der Waals surface area contributed by atoms with Crippen LogP contribution in [0.4, 0.5) is 0 Å². The second-order valence-corrected chi connectivity index (χ2v) is 8.01. The fourth-order valence-electron chi connectivity index (χ4n) is 3.36. The standard InChI is InChI=1S/C16H31O6P/c1-9-11(3)21-14(15(9)18-5)8-19-23(6)22-16-10(2)12(4)20-13(16)7-17/h9-17H,7-8H2,1-6H3/t9-,10-,11-,12-,13+,14+,15-,16-,23?/m0/s1. The summed E-state index contributed by atoms with van der Waals surface area (Å²) in [6, 6.07) is 0. The minimum atomic E-state index is -1.07. The van der Waals surface area contributed by atoms with Gasteiger partial charge in [0.25, 0.3) is 0 Å². The largest absolute Gasteiger partial charge is 0.394 e. The number of ether oxygens (including phenoxy) is 3. The van der Waals surface area contributed by atoms with Crippen molar-refractivity contribution in [2.75, 3.05) is 27.0 Å². The fraction of sp³-hybridized carbons (Fsp3) is 1.00. The van der Waals surface area contributed by atoms with Crippen LogP contribution in [0.15, 0.2) is 0 Å². The van der Waals surface area contributed by atoms with Crippen molar-refractivity contribution in [3.63, 3.8) is 0 Å². The molecule has 9 atom stereocenters. The van der Waals surface area contributed by atoms with E-state index in [9.17, 15) is 5.11 Å². The zero-order chi connectivity index (χ0) is 17.1. The molecule has 2 saturated heterocycles. The first kappa shape index (κ1) is 19.5. The van der Waals surface area contributed by atoms with E-state index in [0.29, 0.717) is 12.5 Å². The van der Waals surface area contributed by atoms with Gasteiger partial charge in [0.1, 0.15) is 12.2 Å². The van der Waals surface area contributed by atoms with Crippen molar-refractivity contribution in [1.29, 1.82) is 0 Å². The Hall–Kier alpha value is 0.190. The summed E-state index contributed by atoms with van der Waals surface area (Å²) in [4.78, 5) is 0. The second-order valence-electron chi connectivity index (χ2n) is 6.67. The molecule has 0 amide bonds. The Kier molecular flexibility index (Phi) is 7.23. The molecule has 2 heterocycles. The zero-order valence-electron chi connectivity index (χ0n) is 15.0. The molecule has 6 nitrogen and oxygen atoms in total. The van der Waals surface area contributed by atoms with Crippen LogP contribution in [0.25, 0.3) is 0 Å². The van der Waals surface area contributed by atoms with Crippen molar-refractivity contribution in [1.82, 2.24) is 0 Å². The summed E-state index contributed by atoms with van der Waals surface area (Å²) in [6.07, 6.45) is -0.177. The summed E-state index contributed by atoms with van der Waals surface area (Å²) in [7, 11) is 0.649. The predicted molar refractivity (Wildman–Crippen MR) is 88.5 cm³/mol. The summed E-state index contributed by atoms with van der Waals surface area (Å²) in [6.45, 7) is 10.6. The predicted octanol–water partition coefficient (Wildman–Crippen LogP) is 2.18. The van der Waals surface area contributed by atoms with Crippen LogP contribution in [-0.2, 0) is 23.3 Å². The normalized spacial score (nSPS) is 45.5. The molecule has 136 valence electrons. The molecule has 2 rings (SSSR count). The highest BCUT2D eigenvalue weighted by molar-refractivity contribution is 7.46. The number of aliphatic hydroxyl groups is 1. The van der Waals surface area contributed by atoms with E-state index in [-0.39, 0.29) is 49.1 Å². The Balaban J connectivity index is 1.82. The van der Waals surface area contributed by atoms with Crippen molar-refractivity contribution in [2.45, 2.75) is 64.3 Å². The summed E-state index contributed by atoms with van der Waals surface area (Å²) in [5.41, 5.74) is 0. The van der Waals surface area contributed by atoms with Gasteiger partial charge >= 0.3 is 0 Å². The molecule has 1 N–H and O–H groups in total. The number of hydrogen-bond acceptors (Lipinski definition) is 6. The minimum Gasteiger partial charge on any atom is -0.394 e. The maximum absolute atomic E-state index is 9.44. The maximum Gasteiger partial charge on any atom is 0.167 e. The molecule has 0 aromatic carbocycles. The van der Waals surface area contributed by atoms with Gasteiger partial charge in [-0.3, -0.25) is 0 Å². The third-order valence-electron chi connectivity index (χ3n) is 5.17. The third kappa shape index (κ3) is 4.43. The smallest absolute Gasteiger partial charge is 0.167 e. The van der Waals surface area contributed by atoms with Crippen molar-refractivity contribution >= 4 is 8.38 Å². The van der Waals surface area contributed by atoms with Crippen molar-refractivity contribution in [3.8, 4) is 0 Å². The third-order valence-corrected chi connectivity index (χ3v) is 6.22. The van der Waals surface area contributed by atoms with Crippen LogP contribution < -0.4 is 0 Å². The van der Waals surface area contributed by atoms with Gasteiger partial charge in [-0.05, 0) is 13.8 Å². The van der Waals surface area contributed by atoms with Gasteiger partial charge < -0.3 is 28.4 Å². The highest BCUT2D eigenvalue weighted by Gasteiger charge is 2.42. The summed E-state index contributed by atoms with van der Waals surface area (Å²) in [5.74, 6) is 0.579. The highest BCUT2D eigenvalue weighted by atomic mass is 31.2. The molecule has 1 unspecified atom stereocenters. The lowest BCUT2D eigenvalue weighted by atomic mass is 9.99. The molecule has 0 spiro atoms. The lowest BCUT2D eigenvalue weighted by molar-refractivity contribution is -0.0309. The summed E-state index contributed by atoms with van der Waals surface area (Å²) in [5, 5.41) is 9.44. The Morgan fingerprint density at radius 2 is 1.52 bits per heavy atom. The Morgan fingerprint density at radius 1 is 0.957 bits per heavy atom. The number of rotatable bonds is 7. The van der Waals surface area contributed by atoms with Gasteiger partial charge in [0.05, 0.1) is 37.6 Å². The van der Waals surface area contributed by atoms with Gasteiger partial charge in [0, 0.05) is 25.6 Å². The molecule has 0 aromatic heterocycles. The topological polar surface area (TPSA) is 66.4 Å². The van der Waals surface area contributed by atoms with Gasteiger partial charge in [0.15, 0.2) is 8.38 Å². The molecular formula is C16H31O6P. The Bertz CT molecular complexity index is 370. The molecule has 0 radical (unpaired) electrons. The maximum atomic E-state index is 9.44. The van der Waals surface area contributed by atoms with E-state index in [1.165, 1.54) is 0 Å². The molecule has 2 aliphatic heterocycles. The first-order chi connectivity index (χ1) is 10.9. The van der Waals surface area contributed by atoms with E-state index in [2.05, 4.69) is 20.8 Å². The number of aliphatic hydroxyl groups excluding tert-OH is 1. The van der Waals surface area contributed by atoms with Crippen LogP contribution in [0, 0.1) is 11.8 Å². The van der Waals surface area contributed by atoms with Gasteiger partial charge in [-0.1, -0.05) is 13.8 Å². The molecule has 0 saturated carbocycles. The lowest BCUT2D eigenvalue weighted by Gasteiger charge is -2.25. The van der Waals surface area contributed by atoms with Crippen LogP contribution in [0.5, 0.6) is 0 Å². The number of hydrogen-bond donors (Lipinski definition) is 1. The van der Waals surface area contributed by atoms with Gasteiger partial charge in [-0.2, -0.15) is 0 Å². The average molecular weight is 350 g/mol. The van der Waals surface area contributed by atoms with Gasteiger partial charge in [-0.15, -0.1) is 0 Å². The Morgan fingerprint density at radius 3 is 2.09 bits per heavy atom.